The Balaban J connectivity index is 1.74. The van der Waals surface area contributed by atoms with Gasteiger partial charge in [0.25, 0.3) is 0 Å². The fourth-order valence-electron chi connectivity index (χ4n) is 4.34. The quantitative estimate of drug-likeness (QED) is 0.290. The Morgan fingerprint density at radius 1 is 0.944 bits per heavy atom. The molecule has 0 spiro atoms. The Morgan fingerprint density at radius 2 is 1.72 bits per heavy atom. The van der Waals surface area contributed by atoms with Crippen LogP contribution in [0.3, 0.4) is 0 Å². The number of carbonyl (C=O) groups is 2. The molecule has 194 valence electrons. The van der Waals surface area contributed by atoms with Crippen molar-refractivity contribution < 1.29 is 18.7 Å². The van der Waals surface area contributed by atoms with E-state index in [-0.39, 0.29) is 24.2 Å². The fraction of sp³-hybridized carbons (Fsp3) is 0.448. The maximum absolute atomic E-state index is 13.5. The lowest BCUT2D eigenvalue weighted by Crippen LogP contribution is -2.44. The molecule has 1 N–H and O–H groups in total. The summed E-state index contributed by atoms with van der Waals surface area (Å²) in [4.78, 5) is 33.2. The van der Waals surface area contributed by atoms with Gasteiger partial charge in [-0.05, 0) is 48.6 Å². The van der Waals surface area contributed by atoms with Crippen LogP contribution in [0.2, 0.25) is 0 Å². The molecule has 2 amide bonds. The van der Waals surface area contributed by atoms with Gasteiger partial charge in [-0.1, -0.05) is 50.1 Å². The molecule has 0 aliphatic rings. The summed E-state index contributed by atoms with van der Waals surface area (Å²) < 4.78 is 18.6. The molecule has 0 aliphatic heterocycles. The van der Waals surface area contributed by atoms with Gasteiger partial charge in [0.05, 0.1) is 6.54 Å². The standard InChI is InChI=1S/C29H38FN3O3/c1-3-4-5-11-28(34)32(17-8-19-36-2)22-29(35)33(21-23-12-14-25(30)15-13-23)18-16-24-20-31-27-10-7-6-9-26(24)27/h6-7,9-10,12-15,20,31H,3-5,8,11,16-19,21-22H2,1-2H3. The number of methoxy groups -OCH3 is 1. The monoisotopic (exact) mass is 495 g/mol. The number of amides is 2. The van der Waals surface area contributed by atoms with Crippen molar-refractivity contribution >= 4 is 22.7 Å². The Morgan fingerprint density at radius 3 is 2.47 bits per heavy atom. The average Bonchev–Trinajstić information content (AvgIpc) is 3.30. The van der Waals surface area contributed by atoms with Crippen molar-refractivity contribution in [3.8, 4) is 0 Å². The minimum atomic E-state index is -0.308. The molecule has 0 saturated carbocycles. The lowest BCUT2D eigenvalue weighted by molar-refractivity contribution is -0.141. The van der Waals surface area contributed by atoms with Crippen molar-refractivity contribution in [2.45, 2.75) is 52.0 Å². The van der Waals surface area contributed by atoms with Crippen LogP contribution in [0.15, 0.2) is 54.7 Å². The number of fused-ring (bicyclic) bond motifs is 1. The number of aromatic nitrogens is 1. The van der Waals surface area contributed by atoms with Crippen molar-refractivity contribution in [3.63, 3.8) is 0 Å². The van der Waals surface area contributed by atoms with Gasteiger partial charge < -0.3 is 19.5 Å². The van der Waals surface area contributed by atoms with E-state index in [4.69, 9.17) is 4.74 Å². The molecule has 0 unspecified atom stereocenters. The van der Waals surface area contributed by atoms with Gasteiger partial charge in [0.15, 0.2) is 0 Å². The molecule has 7 heteroatoms. The summed E-state index contributed by atoms with van der Waals surface area (Å²) in [6, 6.07) is 14.3. The summed E-state index contributed by atoms with van der Waals surface area (Å²) in [5, 5.41) is 1.14. The summed E-state index contributed by atoms with van der Waals surface area (Å²) in [6.07, 6.45) is 6.63. The van der Waals surface area contributed by atoms with Crippen LogP contribution in [-0.4, -0.2) is 59.9 Å². The predicted molar refractivity (Wildman–Crippen MR) is 141 cm³/mol. The third-order valence-electron chi connectivity index (χ3n) is 6.41. The van der Waals surface area contributed by atoms with Crippen LogP contribution in [0.1, 0.15) is 50.2 Å². The van der Waals surface area contributed by atoms with Crippen LogP contribution in [0.25, 0.3) is 10.9 Å². The summed E-state index contributed by atoms with van der Waals surface area (Å²) in [6.45, 7) is 4.00. The Hall–Kier alpha value is -3.19. The summed E-state index contributed by atoms with van der Waals surface area (Å²) in [7, 11) is 1.63. The van der Waals surface area contributed by atoms with E-state index >= 15 is 0 Å². The number of carbonyl (C=O) groups excluding carboxylic acids is 2. The van der Waals surface area contributed by atoms with Gasteiger partial charge in [-0.25, -0.2) is 4.39 Å². The molecule has 0 aliphatic carbocycles. The Bertz CT molecular complexity index is 1100. The maximum atomic E-state index is 13.5. The molecular weight excluding hydrogens is 457 g/mol. The third-order valence-corrected chi connectivity index (χ3v) is 6.41. The second-order valence-corrected chi connectivity index (χ2v) is 9.17. The summed E-state index contributed by atoms with van der Waals surface area (Å²) in [5.41, 5.74) is 3.05. The molecule has 3 aromatic rings. The molecule has 0 fully saturated rings. The first kappa shape index (κ1) is 27.4. The first-order chi connectivity index (χ1) is 17.5. The van der Waals surface area contributed by atoms with E-state index in [2.05, 4.69) is 18.0 Å². The molecule has 1 heterocycles. The zero-order chi connectivity index (χ0) is 25.8. The summed E-state index contributed by atoms with van der Waals surface area (Å²) in [5.74, 6) is -0.413. The first-order valence-corrected chi connectivity index (χ1v) is 12.9. The lowest BCUT2D eigenvalue weighted by atomic mass is 10.1. The van der Waals surface area contributed by atoms with E-state index in [9.17, 15) is 14.0 Å². The van der Waals surface area contributed by atoms with Crippen molar-refractivity contribution in [2.75, 3.05) is 33.4 Å². The zero-order valence-corrected chi connectivity index (χ0v) is 21.5. The smallest absolute Gasteiger partial charge is 0.242 e. The molecule has 3 rings (SSSR count). The van der Waals surface area contributed by atoms with Gasteiger partial charge in [0.2, 0.25) is 11.8 Å². The number of halogens is 1. The lowest BCUT2D eigenvalue weighted by Gasteiger charge is -2.28. The molecule has 0 saturated heterocycles. The van der Waals surface area contributed by atoms with Crippen molar-refractivity contribution in [3.05, 3.63) is 71.7 Å². The van der Waals surface area contributed by atoms with E-state index in [1.54, 1.807) is 29.0 Å². The second kappa shape index (κ2) is 14.4. The van der Waals surface area contributed by atoms with E-state index in [1.165, 1.54) is 12.1 Å². The van der Waals surface area contributed by atoms with Crippen LogP contribution in [0.5, 0.6) is 0 Å². The number of hydrogen-bond acceptors (Lipinski definition) is 3. The number of benzene rings is 2. The number of nitrogens with one attached hydrogen (secondary N) is 1. The minimum Gasteiger partial charge on any atom is -0.385 e. The van der Waals surface area contributed by atoms with Crippen LogP contribution in [-0.2, 0) is 27.3 Å². The number of rotatable bonds is 15. The first-order valence-electron chi connectivity index (χ1n) is 12.9. The highest BCUT2D eigenvalue weighted by Crippen LogP contribution is 2.19. The minimum absolute atomic E-state index is 0.00580. The van der Waals surface area contributed by atoms with Crippen LogP contribution >= 0.6 is 0 Å². The fourth-order valence-corrected chi connectivity index (χ4v) is 4.34. The number of nitrogens with zero attached hydrogens (tertiary/aromatic N) is 2. The molecular formula is C29H38FN3O3. The largest absolute Gasteiger partial charge is 0.385 e. The number of hydrogen-bond donors (Lipinski definition) is 1. The normalized spacial score (nSPS) is 11.1. The highest BCUT2D eigenvalue weighted by Gasteiger charge is 2.21. The molecule has 36 heavy (non-hydrogen) atoms. The van der Waals surface area contributed by atoms with E-state index in [0.717, 1.165) is 41.3 Å². The summed E-state index contributed by atoms with van der Waals surface area (Å²) >= 11 is 0. The average molecular weight is 496 g/mol. The number of ether oxygens (including phenoxy) is 1. The topological polar surface area (TPSA) is 65.6 Å². The number of aromatic amines is 1. The third kappa shape index (κ3) is 8.19. The molecule has 2 aromatic carbocycles. The molecule has 6 nitrogen and oxygen atoms in total. The van der Waals surface area contributed by atoms with E-state index in [0.29, 0.717) is 45.5 Å². The van der Waals surface area contributed by atoms with Crippen LogP contribution in [0, 0.1) is 5.82 Å². The van der Waals surface area contributed by atoms with Crippen LogP contribution in [0.4, 0.5) is 4.39 Å². The van der Waals surface area contributed by atoms with Gasteiger partial charge >= 0.3 is 0 Å². The van der Waals surface area contributed by atoms with Crippen molar-refractivity contribution in [2.24, 2.45) is 0 Å². The van der Waals surface area contributed by atoms with Crippen LogP contribution < -0.4 is 0 Å². The van der Waals surface area contributed by atoms with Gasteiger partial charge in [-0.2, -0.15) is 0 Å². The SMILES string of the molecule is CCCCCC(=O)N(CCCOC)CC(=O)N(CCc1c[nH]c2ccccc12)Cc1ccc(F)cc1. The Labute approximate surface area is 213 Å². The molecule has 0 radical (unpaired) electrons. The maximum Gasteiger partial charge on any atom is 0.242 e. The second-order valence-electron chi connectivity index (χ2n) is 9.17. The zero-order valence-electron chi connectivity index (χ0n) is 21.5. The molecule has 1 aromatic heterocycles. The van der Waals surface area contributed by atoms with E-state index in [1.807, 2.05) is 24.4 Å². The van der Waals surface area contributed by atoms with Gasteiger partial charge in [0, 0.05) is 56.9 Å². The number of unbranched alkanes of at least 4 members (excludes halogenated alkanes) is 2. The van der Waals surface area contributed by atoms with Crippen molar-refractivity contribution in [1.82, 2.24) is 14.8 Å². The van der Waals surface area contributed by atoms with Crippen molar-refractivity contribution in [1.29, 1.82) is 0 Å². The van der Waals surface area contributed by atoms with Gasteiger partial charge in [-0.15, -0.1) is 0 Å². The predicted octanol–water partition coefficient (Wildman–Crippen LogP) is 5.32. The van der Waals surface area contributed by atoms with Gasteiger partial charge in [-0.3, -0.25) is 9.59 Å². The highest BCUT2D eigenvalue weighted by molar-refractivity contribution is 5.85. The highest BCUT2D eigenvalue weighted by atomic mass is 19.1. The molecule has 0 bridgehead atoms. The Kier molecular flexibility index (Phi) is 11.0. The number of H-pyrrole nitrogens is 1. The van der Waals surface area contributed by atoms with Gasteiger partial charge in [0.1, 0.15) is 5.82 Å². The van der Waals surface area contributed by atoms with E-state index < -0.39 is 0 Å². The number of para-hydroxylation sites is 1. The molecule has 0 atom stereocenters.